The second-order valence-corrected chi connectivity index (χ2v) is 10.2. The average Bonchev–Trinajstić information content (AvgIpc) is 3.14. The molecule has 174 valence electrons. The van der Waals surface area contributed by atoms with Crippen LogP contribution in [0.2, 0.25) is 5.02 Å². The highest BCUT2D eigenvalue weighted by Crippen LogP contribution is 2.41. The topological polar surface area (TPSA) is 63.6 Å². The molecule has 1 aliphatic heterocycles. The number of fused-ring (bicyclic) bond motifs is 1. The first kappa shape index (κ1) is 23.2. The number of carbonyl (C=O) groups is 1. The highest BCUT2D eigenvalue weighted by molar-refractivity contribution is 6.31. The van der Waals surface area contributed by atoms with E-state index in [2.05, 4.69) is 5.32 Å². The van der Waals surface area contributed by atoms with E-state index in [0.29, 0.717) is 24.5 Å². The van der Waals surface area contributed by atoms with Gasteiger partial charge in [-0.05, 0) is 69.3 Å². The molecular weight excluding hydrogens is 438 g/mol. The van der Waals surface area contributed by atoms with Gasteiger partial charge in [0, 0.05) is 35.9 Å². The zero-order valence-corrected chi connectivity index (χ0v) is 20.5. The summed E-state index contributed by atoms with van der Waals surface area (Å²) in [5.41, 5.74) is 2.48. The number of anilines is 1. The normalized spacial score (nSPS) is 18.5. The fourth-order valence-corrected chi connectivity index (χ4v) is 5.02. The molecule has 1 unspecified atom stereocenters. The van der Waals surface area contributed by atoms with E-state index < -0.39 is 11.1 Å². The number of pyridine rings is 1. The van der Waals surface area contributed by atoms with Crippen LogP contribution >= 0.6 is 11.6 Å². The molecule has 1 aliphatic rings. The number of hydrogen-bond acceptors (Lipinski definition) is 4. The van der Waals surface area contributed by atoms with Crippen molar-refractivity contribution < 1.29 is 9.53 Å². The minimum absolute atomic E-state index is 0.0618. The number of aryl methyl sites for hydroxylation is 2. The van der Waals surface area contributed by atoms with Crippen molar-refractivity contribution in [3.8, 4) is 0 Å². The lowest BCUT2D eigenvalue weighted by atomic mass is 9.85. The number of ether oxygens (including phenoxy) is 1. The first-order valence-corrected chi connectivity index (χ1v) is 11.5. The number of nitrogens with zero attached hydrogens (tertiary/aromatic N) is 2. The number of aromatic nitrogens is 1. The van der Waals surface area contributed by atoms with E-state index in [1.54, 1.807) is 22.6 Å². The highest BCUT2D eigenvalue weighted by atomic mass is 35.5. The molecule has 1 saturated heterocycles. The van der Waals surface area contributed by atoms with Gasteiger partial charge in [0.25, 0.3) is 5.56 Å². The molecule has 0 spiro atoms. The lowest BCUT2D eigenvalue weighted by Gasteiger charge is -2.35. The molecule has 0 radical (unpaired) electrons. The van der Waals surface area contributed by atoms with Crippen LogP contribution in [0.1, 0.15) is 38.3 Å². The number of nitrogens with one attached hydrogen (secondary N) is 1. The Balaban J connectivity index is 1.77. The van der Waals surface area contributed by atoms with Crippen molar-refractivity contribution in [2.24, 2.45) is 7.05 Å². The average molecular weight is 468 g/mol. The minimum Gasteiger partial charge on any atom is -0.444 e. The molecule has 1 N–H and O–H groups in total. The third kappa shape index (κ3) is 4.58. The summed E-state index contributed by atoms with van der Waals surface area (Å²) >= 11 is 6.72. The molecule has 6 nitrogen and oxygen atoms in total. The monoisotopic (exact) mass is 467 g/mol. The van der Waals surface area contributed by atoms with E-state index in [-0.39, 0.29) is 11.7 Å². The number of halogens is 1. The van der Waals surface area contributed by atoms with Crippen LogP contribution in [0.15, 0.2) is 53.3 Å². The Morgan fingerprint density at radius 3 is 2.58 bits per heavy atom. The standard InChI is InChI=1S/C26H30ClN3O3/c1-17-7-6-8-20(27)23(17)26(13-14-30(16-26)24(32)33-25(2,3)4)28-19-11-9-18-10-12-22(31)29(5)21(18)15-19/h6-12,15,28H,13-14,16H2,1-5H3. The predicted octanol–water partition coefficient (Wildman–Crippen LogP) is 5.45. The minimum atomic E-state index is -0.597. The second-order valence-electron chi connectivity index (χ2n) is 9.79. The van der Waals surface area contributed by atoms with E-state index in [1.807, 2.05) is 70.2 Å². The van der Waals surface area contributed by atoms with Gasteiger partial charge in [0.2, 0.25) is 0 Å². The molecule has 2 heterocycles. The van der Waals surface area contributed by atoms with Crippen molar-refractivity contribution in [3.05, 3.63) is 75.0 Å². The maximum Gasteiger partial charge on any atom is 0.410 e. The quantitative estimate of drug-likeness (QED) is 0.556. The Hall–Kier alpha value is -2.99. The number of likely N-dealkylation sites (tertiary alicyclic amines) is 1. The molecule has 1 aromatic heterocycles. The van der Waals surface area contributed by atoms with Gasteiger partial charge in [0.05, 0.1) is 17.6 Å². The Labute approximate surface area is 199 Å². The van der Waals surface area contributed by atoms with Crippen molar-refractivity contribution in [2.75, 3.05) is 18.4 Å². The van der Waals surface area contributed by atoms with E-state index in [0.717, 1.165) is 27.7 Å². The van der Waals surface area contributed by atoms with E-state index >= 15 is 0 Å². The molecule has 2 aromatic carbocycles. The molecule has 33 heavy (non-hydrogen) atoms. The summed E-state index contributed by atoms with van der Waals surface area (Å²) in [5, 5.41) is 5.32. The van der Waals surface area contributed by atoms with Crippen molar-refractivity contribution >= 4 is 34.3 Å². The van der Waals surface area contributed by atoms with Crippen molar-refractivity contribution in [1.29, 1.82) is 0 Å². The highest BCUT2D eigenvalue weighted by Gasteiger charge is 2.44. The number of carbonyl (C=O) groups excluding carboxylic acids is 1. The number of amides is 1. The van der Waals surface area contributed by atoms with Crippen LogP contribution in [0.3, 0.4) is 0 Å². The number of rotatable bonds is 3. The zero-order valence-electron chi connectivity index (χ0n) is 19.7. The summed E-state index contributed by atoms with van der Waals surface area (Å²) in [6.45, 7) is 8.58. The molecule has 4 rings (SSSR count). The summed E-state index contributed by atoms with van der Waals surface area (Å²) < 4.78 is 7.27. The first-order valence-electron chi connectivity index (χ1n) is 11.1. The van der Waals surface area contributed by atoms with Gasteiger partial charge in [-0.2, -0.15) is 0 Å². The van der Waals surface area contributed by atoms with Crippen molar-refractivity contribution in [1.82, 2.24) is 9.47 Å². The number of benzene rings is 2. The van der Waals surface area contributed by atoms with Crippen LogP contribution in [-0.2, 0) is 17.3 Å². The summed E-state index contributed by atoms with van der Waals surface area (Å²) in [4.78, 5) is 26.8. The van der Waals surface area contributed by atoms with Gasteiger partial charge >= 0.3 is 6.09 Å². The van der Waals surface area contributed by atoms with Crippen molar-refractivity contribution in [2.45, 2.75) is 45.3 Å². The maximum atomic E-state index is 12.9. The Kier molecular flexibility index (Phi) is 5.91. The Bertz CT molecular complexity index is 1260. The summed E-state index contributed by atoms with van der Waals surface area (Å²) in [6, 6.07) is 15.2. The lowest BCUT2D eigenvalue weighted by Crippen LogP contribution is -2.42. The third-order valence-electron chi connectivity index (χ3n) is 6.13. The zero-order chi connectivity index (χ0) is 24.0. The maximum absolute atomic E-state index is 12.9. The summed E-state index contributed by atoms with van der Waals surface area (Å²) in [6.07, 6.45) is 0.333. The second kappa shape index (κ2) is 8.41. The van der Waals surface area contributed by atoms with Gasteiger partial charge in [-0.15, -0.1) is 0 Å². The van der Waals surface area contributed by atoms with Crippen LogP contribution in [-0.4, -0.2) is 34.3 Å². The van der Waals surface area contributed by atoms with Crippen LogP contribution in [0.25, 0.3) is 10.9 Å². The van der Waals surface area contributed by atoms with Crippen LogP contribution in [0, 0.1) is 6.92 Å². The van der Waals surface area contributed by atoms with Gasteiger partial charge in [0.15, 0.2) is 0 Å². The number of hydrogen-bond donors (Lipinski definition) is 1. The smallest absolute Gasteiger partial charge is 0.410 e. The van der Waals surface area contributed by atoms with E-state index in [4.69, 9.17) is 16.3 Å². The van der Waals surface area contributed by atoms with Gasteiger partial charge in [0.1, 0.15) is 5.60 Å². The molecule has 0 aliphatic carbocycles. The fraction of sp³-hybridized carbons (Fsp3) is 0.385. The van der Waals surface area contributed by atoms with Crippen LogP contribution < -0.4 is 10.9 Å². The summed E-state index contributed by atoms with van der Waals surface area (Å²) in [5.74, 6) is 0. The fourth-order valence-electron chi connectivity index (χ4n) is 4.62. The van der Waals surface area contributed by atoms with Crippen LogP contribution in [0.5, 0.6) is 0 Å². The third-order valence-corrected chi connectivity index (χ3v) is 6.45. The molecule has 7 heteroatoms. The lowest BCUT2D eigenvalue weighted by molar-refractivity contribution is 0.0286. The molecule has 0 bridgehead atoms. The van der Waals surface area contributed by atoms with Crippen molar-refractivity contribution in [3.63, 3.8) is 0 Å². The predicted molar refractivity (Wildman–Crippen MR) is 133 cm³/mol. The van der Waals surface area contributed by atoms with Gasteiger partial charge < -0.3 is 19.5 Å². The molecule has 0 saturated carbocycles. The van der Waals surface area contributed by atoms with Gasteiger partial charge in [-0.1, -0.05) is 29.8 Å². The molecule has 1 atom stereocenters. The first-order chi connectivity index (χ1) is 15.5. The molecule has 1 amide bonds. The SMILES string of the molecule is Cc1cccc(Cl)c1C1(Nc2ccc3ccc(=O)n(C)c3c2)CCN(C(=O)OC(C)(C)C)C1. The molecule has 1 fully saturated rings. The van der Waals surface area contributed by atoms with Gasteiger partial charge in [-0.3, -0.25) is 4.79 Å². The molecule has 3 aromatic rings. The molecular formula is C26H30ClN3O3. The summed E-state index contributed by atoms with van der Waals surface area (Å²) in [7, 11) is 1.77. The Morgan fingerprint density at radius 2 is 1.88 bits per heavy atom. The van der Waals surface area contributed by atoms with Gasteiger partial charge in [-0.25, -0.2) is 4.79 Å². The largest absolute Gasteiger partial charge is 0.444 e. The van der Waals surface area contributed by atoms with Crippen LogP contribution in [0.4, 0.5) is 10.5 Å². The van der Waals surface area contributed by atoms with E-state index in [9.17, 15) is 9.59 Å². The van der Waals surface area contributed by atoms with E-state index in [1.165, 1.54) is 0 Å². The Morgan fingerprint density at radius 1 is 1.15 bits per heavy atom.